The third-order valence-electron chi connectivity index (χ3n) is 4.88. The number of carbonyl (C=O) groups excluding carboxylic acids is 1. The minimum atomic E-state index is -0.451. The number of ether oxygens (including phenoxy) is 1. The molecule has 2 saturated carbocycles. The van der Waals surface area contributed by atoms with Crippen LogP contribution in [0.1, 0.15) is 78.6 Å². The Hall–Kier alpha value is -0.810. The van der Waals surface area contributed by atoms with Crippen LogP contribution in [0.4, 0.5) is 4.79 Å². The van der Waals surface area contributed by atoms with Crippen LogP contribution in [0.5, 0.6) is 0 Å². The van der Waals surface area contributed by atoms with Crippen LogP contribution in [0.3, 0.4) is 0 Å². The minimum Gasteiger partial charge on any atom is -0.444 e. The fraction of sp³-hybridized carbons (Fsp3) is 0.944. The first kappa shape index (κ1) is 18.5. The number of rotatable bonds is 3. The summed E-state index contributed by atoms with van der Waals surface area (Å²) in [4.78, 5) is 12.1. The Morgan fingerprint density at radius 2 is 1.70 bits per heavy atom. The maximum absolute atomic E-state index is 12.1. The lowest BCUT2D eigenvalue weighted by Gasteiger charge is -2.35. The highest BCUT2D eigenvalue weighted by atomic mass is 16.6. The molecule has 23 heavy (non-hydrogen) atoms. The van der Waals surface area contributed by atoms with Gasteiger partial charge in [0.2, 0.25) is 0 Å². The van der Waals surface area contributed by atoms with E-state index in [-0.39, 0.29) is 12.1 Å². The molecule has 0 saturated heterocycles. The number of carbonyl (C=O) groups is 1. The quantitative estimate of drug-likeness (QED) is 0.697. The zero-order chi connectivity index (χ0) is 16.9. The van der Waals surface area contributed by atoms with Gasteiger partial charge < -0.3 is 21.1 Å². The molecule has 0 aromatic carbocycles. The lowest BCUT2D eigenvalue weighted by atomic mass is 9.90. The second-order valence-electron chi connectivity index (χ2n) is 8.29. The van der Waals surface area contributed by atoms with Crippen LogP contribution in [0.15, 0.2) is 0 Å². The molecule has 2 aliphatic rings. The summed E-state index contributed by atoms with van der Waals surface area (Å²) in [7, 11) is 0. The van der Waals surface area contributed by atoms with E-state index in [0.717, 1.165) is 25.7 Å². The molecule has 2 aliphatic carbocycles. The maximum atomic E-state index is 12.1. The molecule has 4 atom stereocenters. The Labute approximate surface area is 141 Å². The van der Waals surface area contributed by atoms with Crippen molar-refractivity contribution in [2.24, 2.45) is 5.73 Å². The van der Waals surface area contributed by atoms with E-state index in [4.69, 9.17) is 10.5 Å². The molecule has 4 unspecified atom stereocenters. The van der Waals surface area contributed by atoms with Gasteiger partial charge in [-0.2, -0.15) is 0 Å². The summed E-state index contributed by atoms with van der Waals surface area (Å²) in [6, 6.07) is 1.31. The lowest BCUT2D eigenvalue weighted by molar-refractivity contribution is 0.0486. The van der Waals surface area contributed by atoms with E-state index in [2.05, 4.69) is 10.6 Å². The molecule has 1 amide bonds. The number of nitrogens with one attached hydrogen (secondary N) is 2. The third-order valence-corrected chi connectivity index (χ3v) is 4.88. The molecule has 5 nitrogen and oxygen atoms in total. The summed E-state index contributed by atoms with van der Waals surface area (Å²) in [5.74, 6) is 0. The zero-order valence-corrected chi connectivity index (χ0v) is 15.1. The van der Waals surface area contributed by atoms with Crippen molar-refractivity contribution in [1.82, 2.24) is 10.6 Å². The van der Waals surface area contributed by atoms with Crippen molar-refractivity contribution >= 4 is 6.09 Å². The smallest absolute Gasteiger partial charge is 0.407 e. The van der Waals surface area contributed by atoms with Crippen molar-refractivity contribution in [3.63, 3.8) is 0 Å². The summed E-state index contributed by atoms with van der Waals surface area (Å²) in [6.45, 7) is 5.70. The van der Waals surface area contributed by atoms with Crippen LogP contribution >= 0.6 is 0 Å². The molecule has 2 fully saturated rings. The Balaban J connectivity index is 1.92. The molecule has 0 heterocycles. The van der Waals surface area contributed by atoms with Crippen LogP contribution in [0, 0.1) is 0 Å². The van der Waals surface area contributed by atoms with Crippen LogP contribution in [0.2, 0.25) is 0 Å². The summed E-state index contributed by atoms with van der Waals surface area (Å²) in [5, 5.41) is 6.91. The second-order valence-corrected chi connectivity index (χ2v) is 8.29. The maximum Gasteiger partial charge on any atom is 0.407 e. The van der Waals surface area contributed by atoms with Gasteiger partial charge in [0.25, 0.3) is 0 Å². The van der Waals surface area contributed by atoms with Gasteiger partial charge in [-0.15, -0.1) is 0 Å². The molecule has 0 aliphatic heterocycles. The van der Waals surface area contributed by atoms with Gasteiger partial charge >= 0.3 is 6.09 Å². The highest BCUT2D eigenvalue weighted by molar-refractivity contribution is 5.68. The highest BCUT2D eigenvalue weighted by Gasteiger charge is 2.30. The van der Waals surface area contributed by atoms with E-state index < -0.39 is 5.60 Å². The first-order chi connectivity index (χ1) is 10.8. The summed E-state index contributed by atoms with van der Waals surface area (Å²) >= 11 is 0. The van der Waals surface area contributed by atoms with Crippen LogP contribution in [-0.4, -0.2) is 35.9 Å². The highest BCUT2D eigenvalue weighted by Crippen LogP contribution is 2.23. The zero-order valence-electron chi connectivity index (χ0n) is 15.1. The van der Waals surface area contributed by atoms with Gasteiger partial charge in [-0.25, -0.2) is 4.79 Å². The lowest BCUT2D eigenvalue weighted by Crippen LogP contribution is -2.54. The standard InChI is InChI=1S/C18H35N3O2/c1-18(2,3)23-17(22)21-16-11-6-4-5-10-15(16)20-14-9-7-8-13(19)12-14/h13-16,20H,4-12,19H2,1-3H3,(H,21,22). The molecule has 4 N–H and O–H groups in total. The van der Waals surface area contributed by atoms with Crippen molar-refractivity contribution in [2.75, 3.05) is 0 Å². The average molecular weight is 325 g/mol. The number of hydrogen-bond donors (Lipinski definition) is 3. The van der Waals surface area contributed by atoms with Gasteiger partial charge in [0.15, 0.2) is 0 Å². The van der Waals surface area contributed by atoms with Gasteiger partial charge in [0.05, 0.1) is 0 Å². The van der Waals surface area contributed by atoms with Crippen molar-refractivity contribution < 1.29 is 9.53 Å². The third kappa shape index (κ3) is 6.68. The molecule has 0 bridgehead atoms. The van der Waals surface area contributed by atoms with Gasteiger partial charge in [0, 0.05) is 24.2 Å². The first-order valence-corrected chi connectivity index (χ1v) is 9.34. The van der Waals surface area contributed by atoms with Crippen LogP contribution < -0.4 is 16.4 Å². The van der Waals surface area contributed by atoms with Crippen molar-refractivity contribution in [1.29, 1.82) is 0 Å². The Morgan fingerprint density at radius 3 is 2.35 bits per heavy atom. The number of hydrogen-bond acceptors (Lipinski definition) is 4. The molecular formula is C18H35N3O2. The number of nitrogens with two attached hydrogens (primary N) is 1. The fourth-order valence-corrected chi connectivity index (χ4v) is 3.82. The molecule has 134 valence electrons. The molecule has 2 rings (SSSR count). The van der Waals surface area contributed by atoms with Gasteiger partial charge in [0.1, 0.15) is 5.60 Å². The predicted molar refractivity (Wildman–Crippen MR) is 93.4 cm³/mol. The molecule has 0 spiro atoms. The van der Waals surface area contributed by atoms with E-state index in [1.807, 2.05) is 20.8 Å². The number of amides is 1. The molecular weight excluding hydrogens is 290 g/mol. The summed E-state index contributed by atoms with van der Waals surface area (Å²) in [6.07, 6.45) is 10.1. The predicted octanol–water partition coefficient (Wildman–Crippen LogP) is 3.07. The first-order valence-electron chi connectivity index (χ1n) is 9.34. The van der Waals surface area contributed by atoms with Gasteiger partial charge in [-0.05, 0) is 52.9 Å². The Morgan fingerprint density at radius 1 is 1.00 bits per heavy atom. The Bertz CT molecular complexity index is 381. The van der Waals surface area contributed by atoms with Gasteiger partial charge in [-0.1, -0.05) is 25.7 Å². The molecule has 0 radical (unpaired) electrons. The minimum absolute atomic E-state index is 0.158. The van der Waals surface area contributed by atoms with E-state index in [1.54, 1.807) is 0 Å². The largest absolute Gasteiger partial charge is 0.444 e. The van der Waals surface area contributed by atoms with Crippen molar-refractivity contribution in [2.45, 2.75) is 108 Å². The average Bonchev–Trinajstić information content (AvgIpc) is 2.62. The molecule has 0 aromatic heterocycles. The van der Waals surface area contributed by atoms with Crippen molar-refractivity contribution in [3.8, 4) is 0 Å². The molecule has 5 heteroatoms. The van der Waals surface area contributed by atoms with Gasteiger partial charge in [-0.3, -0.25) is 0 Å². The monoisotopic (exact) mass is 325 g/mol. The van der Waals surface area contributed by atoms with E-state index in [9.17, 15) is 4.79 Å². The van der Waals surface area contributed by atoms with Crippen molar-refractivity contribution in [3.05, 3.63) is 0 Å². The fourth-order valence-electron chi connectivity index (χ4n) is 3.82. The normalized spacial score (nSPS) is 32.9. The summed E-state index contributed by atoms with van der Waals surface area (Å²) < 4.78 is 5.44. The Kier molecular flexibility index (Phi) is 6.72. The topological polar surface area (TPSA) is 76.4 Å². The number of alkyl carbamates (subject to hydrolysis) is 1. The molecule has 0 aromatic rings. The second kappa shape index (κ2) is 8.34. The van der Waals surface area contributed by atoms with Crippen LogP contribution in [0.25, 0.3) is 0 Å². The van der Waals surface area contributed by atoms with E-state index in [1.165, 1.54) is 32.1 Å². The van der Waals surface area contributed by atoms with E-state index in [0.29, 0.717) is 18.1 Å². The SMILES string of the molecule is CC(C)(C)OC(=O)NC1CCCCCC1NC1CCCC(N)C1. The van der Waals surface area contributed by atoms with E-state index >= 15 is 0 Å². The van der Waals surface area contributed by atoms with Crippen LogP contribution in [-0.2, 0) is 4.74 Å². The summed E-state index contributed by atoms with van der Waals surface area (Å²) in [5.41, 5.74) is 5.67.